The van der Waals surface area contributed by atoms with Crippen molar-refractivity contribution in [3.63, 3.8) is 0 Å². The van der Waals surface area contributed by atoms with Gasteiger partial charge in [0, 0.05) is 29.2 Å². The van der Waals surface area contributed by atoms with Crippen LogP contribution in [0.1, 0.15) is 11.1 Å². The van der Waals surface area contributed by atoms with Crippen molar-refractivity contribution < 1.29 is 0 Å². The molecular formula is C13H10N2. The lowest BCUT2D eigenvalue weighted by molar-refractivity contribution is 1.31. The molecule has 0 saturated carbocycles. The third kappa shape index (κ3) is 2.35. The van der Waals surface area contributed by atoms with E-state index < -0.39 is 0 Å². The second-order valence-electron chi connectivity index (χ2n) is 3.08. The van der Waals surface area contributed by atoms with E-state index in [1.54, 1.807) is 12.4 Å². The predicted molar refractivity (Wildman–Crippen MR) is 61.1 cm³/mol. The first-order valence-corrected chi connectivity index (χ1v) is 4.63. The van der Waals surface area contributed by atoms with Gasteiger partial charge in [-0.25, -0.2) is 0 Å². The topological polar surface area (TPSA) is 38.9 Å². The van der Waals surface area contributed by atoms with Crippen LogP contribution in [0.15, 0.2) is 48.8 Å². The molecule has 2 rings (SSSR count). The molecular weight excluding hydrogens is 184 g/mol. The number of hydrogen-bond acceptors (Lipinski definition) is 2. The van der Waals surface area contributed by atoms with E-state index in [1.807, 2.05) is 36.4 Å². The van der Waals surface area contributed by atoms with Gasteiger partial charge in [-0.3, -0.25) is 4.98 Å². The SMILES string of the molecule is Nc1ccccc1C#Cc1cccnc1. The predicted octanol–water partition coefficient (Wildman–Crippen LogP) is 2.06. The summed E-state index contributed by atoms with van der Waals surface area (Å²) in [7, 11) is 0. The normalized spacial score (nSPS) is 9.07. The molecule has 72 valence electrons. The van der Waals surface area contributed by atoms with Crippen molar-refractivity contribution in [3.05, 3.63) is 59.9 Å². The van der Waals surface area contributed by atoms with Crippen LogP contribution in [0.5, 0.6) is 0 Å². The number of hydrogen-bond donors (Lipinski definition) is 1. The summed E-state index contributed by atoms with van der Waals surface area (Å²) in [6.07, 6.45) is 3.45. The van der Waals surface area contributed by atoms with Crippen LogP contribution in [-0.4, -0.2) is 4.98 Å². The van der Waals surface area contributed by atoms with E-state index in [0.717, 1.165) is 11.1 Å². The second-order valence-corrected chi connectivity index (χ2v) is 3.08. The summed E-state index contributed by atoms with van der Waals surface area (Å²) in [5, 5.41) is 0. The Hall–Kier alpha value is -2.27. The summed E-state index contributed by atoms with van der Waals surface area (Å²) in [5.41, 5.74) is 8.21. The Labute approximate surface area is 88.8 Å². The van der Waals surface area contributed by atoms with Crippen LogP contribution >= 0.6 is 0 Å². The summed E-state index contributed by atoms with van der Waals surface area (Å²) in [6.45, 7) is 0. The highest BCUT2D eigenvalue weighted by molar-refractivity contribution is 5.56. The van der Waals surface area contributed by atoms with Crippen LogP contribution in [0.3, 0.4) is 0 Å². The third-order valence-electron chi connectivity index (χ3n) is 1.96. The van der Waals surface area contributed by atoms with E-state index in [-0.39, 0.29) is 0 Å². The van der Waals surface area contributed by atoms with Gasteiger partial charge < -0.3 is 5.73 Å². The van der Waals surface area contributed by atoms with Crippen LogP contribution in [-0.2, 0) is 0 Å². The number of nitrogens with two attached hydrogens (primary N) is 1. The highest BCUT2D eigenvalue weighted by Crippen LogP contribution is 2.08. The van der Waals surface area contributed by atoms with Crippen molar-refractivity contribution in [3.8, 4) is 11.8 Å². The molecule has 0 aliphatic rings. The minimum absolute atomic E-state index is 0.703. The van der Waals surface area contributed by atoms with Gasteiger partial charge in [0.05, 0.1) is 0 Å². The van der Waals surface area contributed by atoms with Gasteiger partial charge in [0.2, 0.25) is 0 Å². The summed E-state index contributed by atoms with van der Waals surface area (Å²) >= 11 is 0. The summed E-state index contributed by atoms with van der Waals surface area (Å²) in [5.74, 6) is 6.02. The van der Waals surface area contributed by atoms with E-state index in [1.165, 1.54) is 0 Å². The average Bonchev–Trinajstić information content (AvgIpc) is 2.29. The molecule has 0 unspecified atom stereocenters. The summed E-state index contributed by atoms with van der Waals surface area (Å²) in [6, 6.07) is 11.3. The zero-order valence-corrected chi connectivity index (χ0v) is 8.14. The zero-order chi connectivity index (χ0) is 10.5. The third-order valence-corrected chi connectivity index (χ3v) is 1.96. The Bertz CT molecular complexity index is 507. The molecule has 0 aliphatic carbocycles. The van der Waals surface area contributed by atoms with E-state index in [0.29, 0.717) is 5.69 Å². The van der Waals surface area contributed by atoms with Gasteiger partial charge in [-0.15, -0.1) is 0 Å². The molecule has 0 aliphatic heterocycles. The van der Waals surface area contributed by atoms with Gasteiger partial charge in [-0.1, -0.05) is 24.0 Å². The second kappa shape index (κ2) is 4.30. The van der Waals surface area contributed by atoms with Crippen LogP contribution in [0.2, 0.25) is 0 Å². The van der Waals surface area contributed by atoms with Crippen LogP contribution < -0.4 is 5.73 Å². The minimum atomic E-state index is 0.703. The monoisotopic (exact) mass is 194 g/mol. The van der Waals surface area contributed by atoms with Crippen LogP contribution in [0.25, 0.3) is 0 Å². The van der Waals surface area contributed by atoms with Gasteiger partial charge >= 0.3 is 0 Å². The number of rotatable bonds is 0. The molecule has 0 fully saturated rings. The fourth-order valence-electron chi connectivity index (χ4n) is 1.19. The molecule has 0 radical (unpaired) electrons. The van der Waals surface area contributed by atoms with E-state index in [4.69, 9.17) is 5.73 Å². The highest BCUT2D eigenvalue weighted by atomic mass is 14.6. The molecule has 1 aromatic heterocycles. The lowest BCUT2D eigenvalue weighted by atomic mass is 10.2. The number of nitrogen functional groups attached to an aromatic ring is 1. The smallest absolute Gasteiger partial charge is 0.0478 e. The number of para-hydroxylation sites is 1. The first-order chi connectivity index (χ1) is 7.36. The lowest BCUT2D eigenvalue weighted by Crippen LogP contribution is -1.88. The Morgan fingerprint density at radius 3 is 2.60 bits per heavy atom. The van der Waals surface area contributed by atoms with Gasteiger partial charge in [-0.05, 0) is 24.3 Å². The van der Waals surface area contributed by atoms with Gasteiger partial charge in [-0.2, -0.15) is 0 Å². The quantitative estimate of drug-likeness (QED) is 0.515. The maximum absolute atomic E-state index is 5.77. The van der Waals surface area contributed by atoms with Crippen LogP contribution in [0, 0.1) is 11.8 Å². The molecule has 0 bridgehead atoms. The molecule has 1 aromatic carbocycles. The van der Waals surface area contributed by atoms with Gasteiger partial charge in [0.25, 0.3) is 0 Å². The molecule has 1 heterocycles. The minimum Gasteiger partial charge on any atom is -0.398 e. The largest absolute Gasteiger partial charge is 0.398 e. The molecule has 0 spiro atoms. The van der Waals surface area contributed by atoms with Crippen molar-refractivity contribution in [2.75, 3.05) is 5.73 Å². The number of pyridine rings is 1. The van der Waals surface area contributed by atoms with E-state index >= 15 is 0 Å². The van der Waals surface area contributed by atoms with Crippen molar-refractivity contribution in [1.82, 2.24) is 4.98 Å². The zero-order valence-electron chi connectivity index (χ0n) is 8.14. The van der Waals surface area contributed by atoms with E-state index in [9.17, 15) is 0 Å². The maximum atomic E-state index is 5.77. The molecule has 2 nitrogen and oxygen atoms in total. The van der Waals surface area contributed by atoms with Crippen molar-refractivity contribution in [2.45, 2.75) is 0 Å². The standard InChI is InChI=1S/C13H10N2/c14-13-6-2-1-5-12(13)8-7-11-4-3-9-15-10-11/h1-6,9-10H,14H2. The fourth-order valence-corrected chi connectivity index (χ4v) is 1.19. The Morgan fingerprint density at radius 2 is 1.87 bits per heavy atom. The van der Waals surface area contributed by atoms with Crippen LogP contribution in [0.4, 0.5) is 5.69 Å². The molecule has 0 atom stereocenters. The summed E-state index contributed by atoms with van der Waals surface area (Å²) < 4.78 is 0. The number of benzene rings is 1. The molecule has 0 saturated heterocycles. The Kier molecular flexibility index (Phi) is 2.66. The molecule has 2 aromatic rings. The molecule has 2 N–H and O–H groups in total. The van der Waals surface area contributed by atoms with Crippen molar-refractivity contribution >= 4 is 5.69 Å². The van der Waals surface area contributed by atoms with E-state index in [2.05, 4.69) is 16.8 Å². The highest BCUT2D eigenvalue weighted by Gasteiger charge is 1.91. The number of aromatic nitrogens is 1. The van der Waals surface area contributed by atoms with Gasteiger partial charge in [0.1, 0.15) is 0 Å². The fraction of sp³-hybridized carbons (Fsp3) is 0. The average molecular weight is 194 g/mol. The van der Waals surface area contributed by atoms with Crippen molar-refractivity contribution in [2.24, 2.45) is 0 Å². The molecule has 15 heavy (non-hydrogen) atoms. The molecule has 2 heteroatoms. The first kappa shape index (κ1) is 9.29. The lowest BCUT2D eigenvalue weighted by Gasteiger charge is -1.94. The maximum Gasteiger partial charge on any atom is 0.0478 e. The van der Waals surface area contributed by atoms with Gasteiger partial charge in [0.15, 0.2) is 0 Å². The van der Waals surface area contributed by atoms with Crippen molar-refractivity contribution in [1.29, 1.82) is 0 Å². The summed E-state index contributed by atoms with van der Waals surface area (Å²) in [4.78, 5) is 3.99. The molecule has 0 amide bonds. The Balaban J connectivity index is 2.31. The first-order valence-electron chi connectivity index (χ1n) is 4.63. The number of nitrogens with zero attached hydrogens (tertiary/aromatic N) is 1. The number of anilines is 1. The Morgan fingerprint density at radius 1 is 1.00 bits per heavy atom.